The fourth-order valence-electron chi connectivity index (χ4n) is 1.35. The lowest BCUT2D eigenvalue weighted by atomic mass is 10.6. The zero-order valence-electron chi connectivity index (χ0n) is 8.95. The molecule has 0 radical (unpaired) electrons. The minimum absolute atomic E-state index is 0.274. The minimum Gasteiger partial charge on any atom is -0.305 e. The Hall–Kier alpha value is 0.980. The van der Waals surface area contributed by atoms with Crippen LogP contribution >= 0.6 is 42.5 Å². The Morgan fingerprint density at radius 2 is 1.69 bits per heavy atom. The van der Waals surface area contributed by atoms with E-state index in [9.17, 15) is 4.57 Å². The molecule has 4 nitrogen and oxygen atoms in total. The summed E-state index contributed by atoms with van der Waals surface area (Å²) in [7, 11) is -2.93. The number of alkyl halides is 3. The maximum Gasteiger partial charge on any atom is 0.346 e. The van der Waals surface area contributed by atoms with Crippen LogP contribution in [0.15, 0.2) is 0 Å². The third-order valence-corrected chi connectivity index (χ3v) is 5.40. The molecule has 8 heteroatoms. The van der Waals surface area contributed by atoms with Gasteiger partial charge in [-0.1, -0.05) is 0 Å². The van der Waals surface area contributed by atoms with Crippen molar-refractivity contribution in [1.29, 1.82) is 0 Å². The van der Waals surface area contributed by atoms with Crippen LogP contribution < -0.4 is 0 Å². The third-order valence-electron chi connectivity index (χ3n) is 2.16. The van der Waals surface area contributed by atoms with E-state index in [1.54, 1.807) is 9.34 Å². The standard InChI is InChI=1S/C8H16Cl3N2O2P/c9-1-4-12(5-2-10)16(14,13-6-7-13)15-8-3-11/h1-8H2. The third kappa shape index (κ3) is 4.02. The van der Waals surface area contributed by atoms with E-state index in [1.807, 2.05) is 0 Å². The summed E-state index contributed by atoms with van der Waals surface area (Å²) >= 11 is 16.9. The second-order valence-electron chi connectivity index (χ2n) is 3.30. The van der Waals surface area contributed by atoms with Crippen LogP contribution in [0.4, 0.5) is 0 Å². The molecule has 1 saturated heterocycles. The Balaban J connectivity index is 2.67. The summed E-state index contributed by atoms with van der Waals surface area (Å²) < 4.78 is 21.6. The molecule has 1 atom stereocenters. The van der Waals surface area contributed by atoms with Gasteiger partial charge in [-0.05, 0) is 0 Å². The van der Waals surface area contributed by atoms with E-state index >= 15 is 0 Å². The molecule has 0 spiro atoms. The first-order valence-corrected chi connectivity index (χ1v) is 8.25. The summed E-state index contributed by atoms with van der Waals surface area (Å²) in [6, 6.07) is 0. The van der Waals surface area contributed by atoms with Crippen molar-refractivity contribution in [2.45, 2.75) is 0 Å². The van der Waals surface area contributed by atoms with Crippen LogP contribution in [-0.2, 0) is 9.09 Å². The normalized spacial score (nSPS) is 20.0. The van der Waals surface area contributed by atoms with Crippen LogP contribution in [0.2, 0.25) is 0 Å². The van der Waals surface area contributed by atoms with Gasteiger partial charge >= 0.3 is 7.67 Å². The van der Waals surface area contributed by atoms with E-state index in [0.717, 1.165) is 13.1 Å². The van der Waals surface area contributed by atoms with Gasteiger partial charge < -0.3 is 4.52 Å². The fraction of sp³-hybridized carbons (Fsp3) is 1.00. The van der Waals surface area contributed by atoms with E-state index in [1.165, 1.54) is 0 Å². The van der Waals surface area contributed by atoms with E-state index in [0.29, 0.717) is 30.7 Å². The molecule has 0 aromatic heterocycles. The van der Waals surface area contributed by atoms with Crippen molar-refractivity contribution in [2.75, 3.05) is 50.4 Å². The summed E-state index contributed by atoms with van der Waals surface area (Å²) in [5.74, 6) is 1.13. The Labute approximate surface area is 111 Å². The van der Waals surface area contributed by atoms with Gasteiger partial charge in [-0.2, -0.15) is 0 Å². The quantitative estimate of drug-likeness (QED) is 0.372. The Kier molecular flexibility index (Phi) is 6.98. The van der Waals surface area contributed by atoms with Crippen molar-refractivity contribution < 1.29 is 9.09 Å². The molecule has 1 unspecified atom stereocenters. The molecule has 0 aliphatic carbocycles. The highest BCUT2D eigenvalue weighted by atomic mass is 35.5. The van der Waals surface area contributed by atoms with Crippen molar-refractivity contribution in [3.8, 4) is 0 Å². The highest BCUT2D eigenvalue weighted by Crippen LogP contribution is 2.57. The first-order chi connectivity index (χ1) is 7.69. The fourth-order valence-corrected chi connectivity index (χ4v) is 4.50. The molecule has 1 aliphatic heterocycles. The van der Waals surface area contributed by atoms with E-state index < -0.39 is 7.67 Å². The summed E-state index contributed by atoms with van der Waals surface area (Å²) in [4.78, 5) is 0. The molecule has 1 fully saturated rings. The van der Waals surface area contributed by atoms with Crippen LogP contribution in [0.1, 0.15) is 0 Å². The summed E-state index contributed by atoms with van der Waals surface area (Å²) in [6.45, 7) is 2.87. The van der Waals surface area contributed by atoms with Gasteiger partial charge in [0.15, 0.2) is 0 Å². The molecule has 1 heterocycles. The van der Waals surface area contributed by atoms with Crippen LogP contribution in [0.5, 0.6) is 0 Å². The largest absolute Gasteiger partial charge is 0.346 e. The second kappa shape index (κ2) is 7.42. The van der Waals surface area contributed by atoms with Gasteiger partial charge in [-0.15, -0.1) is 34.8 Å². The molecular weight excluding hydrogens is 293 g/mol. The number of rotatable bonds is 9. The molecule has 0 N–H and O–H groups in total. The van der Waals surface area contributed by atoms with Gasteiger partial charge in [-0.3, -0.25) is 4.57 Å². The molecule has 1 rings (SSSR count). The first kappa shape index (κ1) is 15.0. The molecule has 1 aliphatic rings. The molecule has 0 aromatic carbocycles. The maximum absolute atomic E-state index is 12.7. The predicted molar refractivity (Wildman–Crippen MR) is 68.9 cm³/mol. The van der Waals surface area contributed by atoms with Gasteiger partial charge in [-0.25, -0.2) is 9.34 Å². The van der Waals surface area contributed by atoms with Crippen molar-refractivity contribution in [3.63, 3.8) is 0 Å². The molecule has 96 valence electrons. The molecular formula is C8H16Cl3N2O2P. The smallest absolute Gasteiger partial charge is 0.305 e. The second-order valence-corrected chi connectivity index (χ2v) is 6.80. The Morgan fingerprint density at radius 1 is 1.12 bits per heavy atom. The monoisotopic (exact) mass is 308 g/mol. The van der Waals surface area contributed by atoms with Gasteiger partial charge in [0.2, 0.25) is 0 Å². The van der Waals surface area contributed by atoms with Gasteiger partial charge in [0.25, 0.3) is 0 Å². The Bertz CT molecular complexity index is 247. The first-order valence-electron chi connectivity index (χ1n) is 5.12. The summed E-state index contributed by atoms with van der Waals surface area (Å²) in [5.41, 5.74) is 0. The molecule has 0 amide bonds. The van der Waals surface area contributed by atoms with Gasteiger partial charge in [0, 0.05) is 43.8 Å². The topological polar surface area (TPSA) is 32.5 Å². The lowest BCUT2D eigenvalue weighted by Crippen LogP contribution is -2.29. The van der Waals surface area contributed by atoms with Crippen LogP contribution in [0, 0.1) is 0 Å². The average Bonchev–Trinajstić information content (AvgIpc) is 3.09. The van der Waals surface area contributed by atoms with E-state index in [4.69, 9.17) is 39.3 Å². The van der Waals surface area contributed by atoms with E-state index in [-0.39, 0.29) is 6.61 Å². The highest BCUT2D eigenvalue weighted by molar-refractivity contribution is 7.54. The molecule has 16 heavy (non-hydrogen) atoms. The minimum atomic E-state index is -2.93. The van der Waals surface area contributed by atoms with Crippen LogP contribution in [0.25, 0.3) is 0 Å². The zero-order chi connectivity index (χ0) is 12.0. The molecule has 0 bridgehead atoms. The van der Waals surface area contributed by atoms with Crippen LogP contribution in [-0.4, -0.2) is 59.8 Å². The van der Waals surface area contributed by atoms with Gasteiger partial charge in [0.05, 0.1) is 6.61 Å². The molecule has 0 aromatic rings. The lowest BCUT2D eigenvalue weighted by molar-refractivity contribution is 0.257. The number of hydrogen-bond donors (Lipinski definition) is 0. The lowest BCUT2D eigenvalue weighted by Gasteiger charge is -2.30. The highest BCUT2D eigenvalue weighted by Gasteiger charge is 2.44. The Morgan fingerprint density at radius 3 is 2.06 bits per heavy atom. The predicted octanol–water partition coefficient (Wildman–Crippen LogP) is 2.45. The van der Waals surface area contributed by atoms with E-state index in [2.05, 4.69) is 0 Å². The maximum atomic E-state index is 12.7. The number of nitrogens with zero attached hydrogens (tertiary/aromatic N) is 2. The molecule has 0 saturated carbocycles. The number of halogens is 3. The summed E-state index contributed by atoms with van der Waals surface area (Å²) in [5, 5.41) is 0. The SMILES string of the molecule is O=P(OCCCl)(N(CCCl)CCCl)N1CC1. The van der Waals surface area contributed by atoms with Crippen LogP contribution in [0.3, 0.4) is 0 Å². The average molecular weight is 310 g/mol. The number of hydrogen-bond acceptors (Lipinski definition) is 2. The van der Waals surface area contributed by atoms with Crippen molar-refractivity contribution in [2.24, 2.45) is 0 Å². The zero-order valence-corrected chi connectivity index (χ0v) is 12.1. The van der Waals surface area contributed by atoms with Gasteiger partial charge in [0.1, 0.15) is 0 Å². The van der Waals surface area contributed by atoms with Crippen molar-refractivity contribution in [1.82, 2.24) is 9.34 Å². The van der Waals surface area contributed by atoms with Crippen molar-refractivity contribution >= 4 is 42.5 Å². The summed E-state index contributed by atoms with van der Waals surface area (Å²) in [6.07, 6.45) is 0. The van der Waals surface area contributed by atoms with Crippen molar-refractivity contribution in [3.05, 3.63) is 0 Å².